The molecule has 0 aliphatic carbocycles. The molecule has 1 N–H and O–H groups in total. The second-order valence-electron chi connectivity index (χ2n) is 2.56. The number of hydrogen-bond acceptors (Lipinski definition) is 2. The average molecular weight is 145 g/mol. The van der Waals surface area contributed by atoms with Gasteiger partial charge in [-0.15, -0.1) is 0 Å². The zero-order valence-electron chi connectivity index (χ0n) is 7.30. The molecule has 0 aromatic rings. The van der Waals surface area contributed by atoms with E-state index in [1.54, 1.807) is 0 Å². The van der Waals surface area contributed by atoms with Gasteiger partial charge in [0, 0.05) is 6.54 Å². The monoisotopic (exact) mass is 145 g/mol. The summed E-state index contributed by atoms with van der Waals surface area (Å²) < 4.78 is 0. The van der Waals surface area contributed by atoms with Crippen LogP contribution in [0, 0.1) is 0 Å². The number of aliphatic hydroxyl groups excluding tert-OH is 1. The highest BCUT2D eigenvalue weighted by molar-refractivity contribution is 4.67. The first-order chi connectivity index (χ1) is 4.79. The molecular formula is C8H19NO. The molecule has 1 heterocycles. The molecule has 62 valence electrons. The Labute approximate surface area is 63.8 Å². The number of piperidine rings is 1. The van der Waals surface area contributed by atoms with E-state index < -0.39 is 0 Å². The summed E-state index contributed by atoms with van der Waals surface area (Å²) in [5, 5.41) is 9.04. The Bertz CT molecular complexity index is 67.7. The Kier molecular flexibility index (Phi) is 5.64. The Balaban J connectivity index is 0.000000371. The molecule has 0 amide bonds. The molecule has 2 nitrogen and oxygen atoms in total. The van der Waals surface area contributed by atoms with Crippen molar-refractivity contribution in [1.29, 1.82) is 0 Å². The molecule has 10 heavy (non-hydrogen) atoms. The molecule has 1 fully saturated rings. The normalized spacial score (nSPS) is 27.0. The topological polar surface area (TPSA) is 23.5 Å². The molecule has 0 aromatic carbocycles. The molecule has 2 heteroatoms. The van der Waals surface area contributed by atoms with Crippen LogP contribution in [0.4, 0.5) is 0 Å². The fraction of sp³-hybridized carbons (Fsp3) is 1.00. The Morgan fingerprint density at radius 3 is 2.30 bits per heavy atom. The maximum absolute atomic E-state index is 9.04. The molecule has 0 aromatic heterocycles. The summed E-state index contributed by atoms with van der Waals surface area (Å²) in [7, 11) is 2.04. The number of hydrogen-bond donors (Lipinski definition) is 1. The third-order valence-electron chi connectivity index (χ3n) is 1.60. The van der Waals surface area contributed by atoms with Crippen LogP contribution in [0.5, 0.6) is 0 Å². The van der Waals surface area contributed by atoms with Crippen LogP contribution in [0.25, 0.3) is 0 Å². The Morgan fingerprint density at radius 2 is 2.00 bits per heavy atom. The van der Waals surface area contributed by atoms with E-state index in [2.05, 4.69) is 4.90 Å². The van der Waals surface area contributed by atoms with Crippen LogP contribution in [-0.4, -0.2) is 36.2 Å². The van der Waals surface area contributed by atoms with Gasteiger partial charge in [-0.2, -0.15) is 0 Å². The number of rotatable bonds is 0. The van der Waals surface area contributed by atoms with Gasteiger partial charge >= 0.3 is 0 Å². The number of β-amino-alcohol motifs (C(OH)–C–C–N with tert-alkyl or cyclic N) is 1. The van der Waals surface area contributed by atoms with Crippen molar-refractivity contribution >= 4 is 0 Å². The van der Waals surface area contributed by atoms with Crippen LogP contribution in [0.1, 0.15) is 26.7 Å². The van der Waals surface area contributed by atoms with Gasteiger partial charge in [-0.1, -0.05) is 13.8 Å². The quantitative estimate of drug-likeness (QED) is 0.551. The Hall–Kier alpha value is -0.0800. The predicted octanol–water partition coefficient (Wildman–Crippen LogP) is 1.10. The van der Waals surface area contributed by atoms with E-state index in [0.29, 0.717) is 0 Å². The summed E-state index contributed by atoms with van der Waals surface area (Å²) in [6.07, 6.45) is 2.08. The lowest BCUT2D eigenvalue weighted by Crippen LogP contribution is -2.34. The molecule has 0 unspecified atom stereocenters. The molecule has 0 bridgehead atoms. The third kappa shape index (κ3) is 3.85. The van der Waals surface area contributed by atoms with Crippen molar-refractivity contribution in [3.05, 3.63) is 0 Å². The molecule has 1 aliphatic rings. The predicted molar refractivity (Wildman–Crippen MR) is 44.1 cm³/mol. The van der Waals surface area contributed by atoms with Gasteiger partial charge in [0.1, 0.15) is 0 Å². The third-order valence-corrected chi connectivity index (χ3v) is 1.60. The van der Waals surface area contributed by atoms with Crippen molar-refractivity contribution in [3.8, 4) is 0 Å². The van der Waals surface area contributed by atoms with E-state index >= 15 is 0 Å². The number of nitrogens with zero attached hydrogens (tertiary/aromatic N) is 1. The highest BCUT2D eigenvalue weighted by atomic mass is 16.3. The lowest BCUT2D eigenvalue weighted by Gasteiger charge is -2.25. The van der Waals surface area contributed by atoms with Gasteiger partial charge in [0.15, 0.2) is 0 Å². The van der Waals surface area contributed by atoms with E-state index in [4.69, 9.17) is 5.11 Å². The van der Waals surface area contributed by atoms with Crippen LogP contribution >= 0.6 is 0 Å². The SMILES string of the molecule is CC.CN1CCC[C@@H](O)C1. The fourth-order valence-corrected chi connectivity index (χ4v) is 1.14. The van der Waals surface area contributed by atoms with Crippen LogP contribution in [0.15, 0.2) is 0 Å². The first kappa shape index (κ1) is 9.92. The van der Waals surface area contributed by atoms with Crippen molar-refractivity contribution in [3.63, 3.8) is 0 Å². The maximum atomic E-state index is 9.04. The van der Waals surface area contributed by atoms with E-state index in [1.807, 2.05) is 20.9 Å². The summed E-state index contributed by atoms with van der Waals surface area (Å²) in [5.41, 5.74) is 0. The molecule has 1 atom stereocenters. The van der Waals surface area contributed by atoms with E-state index in [9.17, 15) is 0 Å². The van der Waals surface area contributed by atoms with E-state index in [0.717, 1.165) is 25.9 Å². The lowest BCUT2D eigenvalue weighted by atomic mass is 10.1. The first-order valence-electron chi connectivity index (χ1n) is 4.15. The van der Waals surface area contributed by atoms with Crippen LogP contribution in [-0.2, 0) is 0 Å². The van der Waals surface area contributed by atoms with Crippen LogP contribution in [0.2, 0.25) is 0 Å². The highest BCUT2D eigenvalue weighted by Gasteiger charge is 2.12. The van der Waals surface area contributed by atoms with Gasteiger partial charge < -0.3 is 10.0 Å². The van der Waals surface area contributed by atoms with Crippen LogP contribution in [0.3, 0.4) is 0 Å². The molecule has 0 spiro atoms. The van der Waals surface area contributed by atoms with Gasteiger partial charge in [-0.05, 0) is 26.4 Å². The standard InChI is InChI=1S/C6H13NO.C2H6/c1-7-4-2-3-6(8)5-7;1-2/h6,8H,2-5H2,1H3;1-2H3/t6-;/m1./s1. The number of aliphatic hydroxyl groups is 1. The minimum atomic E-state index is -0.0613. The van der Waals surface area contributed by atoms with Crippen molar-refractivity contribution in [2.75, 3.05) is 20.1 Å². The molecule has 1 rings (SSSR count). The minimum absolute atomic E-state index is 0.0613. The minimum Gasteiger partial charge on any atom is -0.392 e. The van der Waals surface area contributed by atoms with Gasteiger partial charge in [0.05, 0.1) is 6.10 Å². The molecule has 0 radical (unpaired) electrons. The van der Waals surface area contributed by atoms with Gasteiger partial charge in [-0.25, -0.2) is 0 Å². The lowest BCUT2D eigenvalue weighted by molar-refractivity contribution is 0.0846. The van der Waals surface area contributed by atoms with Crippen molar-refractivity contribution in [2.45, 2.75) is 32.8 Å². The Morgan fingerprint density at radius 1 is 1.40 bits per heavy atom. The number of likely N-dealkylation sites (N-methyl/N-ethyl adjacent to an activating group) is 1. The van der Waals surface area contributed by atoms with Crippen molar-refractivity contribution < 1.29 is 5.11 Å². The van der Waals surface area contributed by atoms with Crippen molar-refractivity contribution in [1.82, 2.24) is 4.90 Å². The summed E-state index contributed by atoms with van der Waals surface area (Å²) in [6.45, 7) is 6.01. The number of likely N-dealkylation sites (tertiary alicyclic amines) is 1. The molecule has 0 saturated carbocycles. The summed E-state index contributed by atoms with van der Waals surface area (Å²) in [4.78, 5) is 2.16. The second kappa shape index (κ2) is 5.69. The summed E-state index contributed by atoms with van der Waals surface area (Å²) in [5.74, 6) is 0. The largest absolute Gasteiger partial charge is 0.392 e. The fourth-order valence-electron chi connectivity index (χ4n) is 1.14. The molecule has 1 saturated heterocycles. The van der Waals surface area contributed by atoms with E-state index in [-0.39, 0.29) is 6.10 Å². The maximum Gasteiger partial charge on any atom is 0.0667 e. The summed E-state index contributed by atoms with van der Waals surface area (Å²) >= 11 is 0. The van der Waals surface area contributed by atoms with Gasteiger partial charge in [0.2, 0.25) is 0 Å². The van der Waals surface area contributed by atoms with E-state index in [1.165, 1.54) is 0 Å². The van der Waals surface area contributed by atoms with Gasteiger partial charge in [0.25, 0.3) is 0 Å². The zero-order valence-corrected chi connectivity index (χ0v) is 7.30. The van der Waals surface area contributed by atoms with Crippen molar-refractivity contribution in [2.24, 2.45) is 0 Å². The van der Waals surface area contributed by atoms with Crippen LogP contribution < -0.4 is 0 Å². The first-order valence-corrected chi connectivity index (χ1v) is 4.15. The summed E-state index contributed by atoms with van der Waals surface area (Å²) in [6, 6.07) is 0. The van der Waals surface area contributed by atoms with Gasteiger partial charge in [-0.3, -0.25) is 0 Å². The smallest absolute Gasteiger partial charge is 0.0667 e. The second-order valence-corrected chi connectivity index (χ2v) is 2.56. The highest BCUT2D eigenvalue weighted by Crippen LogP contribution is 2.06. The molecule has 1 aliphatic heterocycles. The average Bonchev–Trinajstić information content (AvgIpc) is 1.91. The zero-order chi connectivity index (χ0) is 7.98. The molecular weight excluding hydrogens is 126 g/mol.